The maximum Gasteiger partial charge on any atom is 0.0973 e. The van der Waals surface area contributed by atoms with E-state index in [-0.39, 0.29) is 21.7 Å². The van der Waals surface area contributed by atoms with Crippen molar-refractivity contribution in [3.8, 4) is 22.3 Å². The molecule has 0 fully saturated rings. The van der Waals surface area contributed by atoms with Gasteiger partial charge in [0.2, 0.25) is 0 Å². The molecule has 8 aromatic rings. The molecule has 0 bridgehead atoms. The van der Waals surface area contributed by atoms with E-state index in [2.05, 4.69) is 215 Å². The van der Waals surface area contributed by atoms with Crippen LogP contribution in [0.2, 0.25) is 0 Å². The summed E-state index contributed by atoms with van der Waals surface area (Å²) in [7, 11) is 0. The third-order valence-electron chi connectivity index (χ3n) is 12.8. The second-order valence-corrected chi connectivity index (χ2v) is 20.3. The lowest BCUT2D eigenvalue weighted by Crippen LogP contribution is -2.17. The van der Waals surface area contributed by atoms with Gasteiger partial charge in [0, 0.05) is 22.4 Å². The molecule has 0 saturated heterocycles. The molecule has 0 aromatic heterocycles. The highest BCUT2D eigenvalue weighted by molar-refractivity contribution is 6.26. The van der Waals surface area contributed by atoms with Crippen molar-refractivity contribution in [2.45, 2.75) is 105 Å². The number of rotatable bonds is 4. The second kappa shape index (κ2) is 12.5. The van der Waals surface area contributed by atoms with Crippen LogP contribution in [0.1, 0.15) is 110 Å². The molecule has 0 saturated carbocycles. The van der Waals surface area contributed by atoms with E-state index in [0.717, 1.165) is 22.6 Å². The number of benzene rings is 7. The average molecular weight is 742 g/mol. The Morgan fingerprint density at radius 3 is 1.67 bits per heavy atom. The van der Waals surface area contributed by atoms with E-state index in [1.165, 1.54) is 82.4 Å². The van der Waals surface area contributed by atoms with Crippen molar-refractivity contribution in [2.75, 3.05) is 4.90 Å². The molecule has 0 radical (unpaired) electrons. The molecule has 8 aromatic carbocycles. The van der Waals surface area contributed by atoms with Crippen molar-refractivity contribution in [3.05, 3.63) is 161 Å². The van der Waals surface area contributed by atoms with Gasteiger partial charge in [-0.1, -0.05) is 155 Å². The van der Waals surface area contributed by atoms with Crippen LogP contribution in [0.15, 0.2) is 115 Å². The summed E-state index contributed by atoms with van der Waals surface area (Å²) in [5.41, 5.74) is 16.3. The van der Waals surface area contributed by atoms with E-state index >= 15 is 0 Å². The molecule has 284 valence electrons. The van der Waals surface area contributed by atoms with E-state index in [9.17, 15) is 0 Å². The van der Waals surface area contributed by atoms with Crippen molar-refractivity contribution >= 4 is 49.4 Å². The van der Waals surface area contributed by atoms with Crippen LogP contribution in [-0.4, -0.2) is 0 Å². The molecule has 1 nitrogen and oxygen atoms in total. The highest BCUT2D eigenvalue weighted by Crippen LogP contribution is 2.52. The Morgan fingerprint density at radius 2 is 1.07 bits per heavy atom. The van der Waals surface area contributed by atoms with Crippen LogP contribution in [0.4, 0.5) is 17.1 Å². The van der Waals surface area contributed by atoms with Crippen molar-refractivity contribution < 1.29 is 0 Å². The first-order valence-electron chi connectivity index (χ1n) is 20.7. The minimum Gasteiger partial charge on any atom is -0.303 e. The third kappa shape index (κ3) is 6.00. The van der Waals surface area contributed by atoms with Crippen LogP contribution in [-0.2, 0) is 21.7 Å². The van der Waals surface area contributed by atoms with Gasteiger partial charge in [0.25, 0.3) is 0 Å². The molecule has 0 N–H and O–H groups in total. The predicted octanol–water partition coefficient (Wildman–Crippen LogP) is 15.8. The summed E-state index contributed by atoms with van der Waals surface area (Å²) in [6, 6.07) is 51.4. The van der Waals surface area contributed by atoms with Gasteiger partial charge < -0.3 is 4.90 Å². The molecular weight excluding hydrogens is 687 g/mol. The molecule has 1 aliphatic rings. The maximum atomic E-state index is 3.56. The maximum absolute atomic E-state index is 3.56. The minimum atomic E-state index is -0.202. The van der Waals surface area contributed by atoms with Gasteiger partial charge in [0.15, 0.2) is 0 Å². The van der Waals surface area contributed by atoms with Gasteiger partial charge in [0.1, 0.15) is 0 Å². The number of nitrogens with zero attached hydrogens (tertiary/aromatic N) is 1. The summed E-state index contributed by atoms with van der Waals surface area (Å²) in [6.07, 6.45) is 0. The van der Waals surface area contributed by atoms with E-state index in [1.807, 2.05) is 0 Å². The summed E-state index contributed by atoms with van der Waals surface area (Å²) >= 11 is 0. The monoisotopic (exact) mass is 741 g/mol. The summed E-state index contributed by atoms with van der Waals surface area (Å²) in [4.78, 5) is 2.35. The molecule has 57 heavy (non-hydrogen) atoms. The molecule has 0 amide bonds. The second-order valence-electron chi connectivity index (χ2n) is 20.3. The van der Waals surface area contributed by atoms with Gasteiger partial charge in [-0.3, -0.25) is 0 Å². The SMILES string of the molecule is Cc1cc(-c2ccc3c(c2)C(C)(C)c2cc(N(c4c#cc(C(C)(C)C)cc4)c4ccc(C(C)(C)C)cc4)ccc2-3)c2ccc3cc(C(C)(C)C)cc4ccc1c2c43. The quantitative estimate of drug-likeness (QED) is 0.162. The fourth-order valence-corrected chi connectivity index (χ4v) is 9.28. The third-order valence-corrected chi connectivity index (χ3v) is 12.8. The molecule has 1 heteroatoms. The largest absolute Gasteiger partial charge is 0.303 e. The Morgan fingerprint density at radius 1 is 0.474 bits per heavy atom. The molecule has 9 rings (SSSR count). The first kappa shape index (κ1) is 37.0. The van der Waals surface area contributed by atoms with E-state index in [1.54, 1.807) is 0 Å². The zero-order chi connectivity index (χ0) is 40.4. The summed E-state index contributed by atoms with van der Waals surface area (Å²) in [5.74, 6) is 0. The summed E-state index contributed by atoms with van der Waals surface area (Å²) in [6.45, 7) is 27.5. The van der Waals surface area contributed by atoms with Crippen LogP contribution in [0, 0.1) is 19.1 Å². The molecule has 0 heterocycles. The minimum absolute atomic E-state index is 0.00287. The highest BCUT2D eigenvalue weighted by atomic mass is 15.1. The van der Waals surface area contributed by atoms with Crippen LogP contribution >= 0.6 is 0 Å². The number of fused-ring (bicyclic) bond motifs is 3. The van der Waals surface area contributed by atoms with Gasteiger partial charge in [-0.15, -0.1) is 0 Å². The number of hydrogen-bond donors (Lipinski definition) is 0. The van der Waals surface area contributed by atoms with Crippen molar-refractivity contribution in [1.82, 2.24) is 0 Å². The molecule has 0 spiro atoms. The highest BCUT2D eigenvalue weighted by Gasteiger charge is 2.36. The van der Waals surface area contributed by atoms with Crippen LogP contribution in [0.5, 0.6) is 0 Å². The molecule has 0 atom stereocenters. The van der Waals surface area contributed by atoms with Crippen molar-refractivity contribution in [1.29, 1.82) is 0 Å². The van der Waals surface area contributed by atoms with Crippen LogP contribution in [0.3, 0.4) is 0 Å². The zero-order valence-corrected chi connectivity index (χ0v) is 35.9. The number of hydrogen-bond acceptors (Lipinski definition) is 1. The molecule has 1 aliphatic carbocycles. The Labute approximate surface area is 340 Å². The smallest absolute Gasteiger partial charge is 0.0973 e. The molecular formula is C56H55N. The Kier molecular flexibility index (Phi) is 8.09. The lowest BCUT2D eigenvalue weighted by molar-refractivity contribution is 0.590. The lowest BCUT2D eigenvalue weighted by Gasteiger charge is -2.28. The predicted molar refractivity (Wildman–Crippen MR) is 246 cm³/mol. The first-order chi connectivity index (χ1) is 26.8. The normalized spacial score (nSPS) is 14.0. The topological polar surface area (TPSA) is 3.24 Å². The standard InChI is InChI=1S/C56H55N/c1-34-29-48(47-27-15-37-31-40(55(8,9)10)30-36-14-25-44(34)52(47)51(36)37)35-13-26-45-46-28-24-43(33-50(46)56(11,12)49(45)32-35)57(41-20-16-38(17-21-41)53(2,3)4)42-22-18-39(19-23-42)54(5,6)7/h13-18,20-22,24-33H,1-12H3. The van der Waals surface area contributed by atoms with Crippen molar-refractivity contribution in [3.63, 3.8) is 0 Å². The molecule has 0 unspecified atom stereocenters. The van der Waals surface area contributed by atoms with Gasteiger partial charge in [0.05, 0.1) is 5.69 Å². The van der Waals surface area contributed by atoms with Crippen LogP contribution < -0.4 is 4.90 Å². The van der Waals surface area contributed by atoms with Crippen molar-refractivity contribution in [2.24, 2.45) is 0 Å². The van der Waals surface area contributed by atoms with E-state index in [0.29, 0.717) is 0 Å². The van der Waals surface area contributed by atoms with E-state index < -0.39 is 0 Å². The Bertz CT molecular complexity index is 2770. The lowest BCUT2D eigenvalue weighted by atomic mass is 9.80. The fourth-order valence-electron chi connectivity index (χ4n) is 9.28. The number of aryl methyl sites for hydroxylation is 1. The van der Waals surface area contributed by atoms with Gasteiger partial charge in [-0.2, -0.15) is 0 Å². The summed E-state index contributed by atoms with van der Waals surface area (Å²) < 4.78 is 0. The van der Waals surface area contributed by atoms with Gasteiger partial charge in [-0.05, 0) is 154 Å². The van der Waals surface area contributed by atoms with Gasteiger partial charge in [-0.25, -0.2) is 0 Å². The Hall–Kier alpha value is -5.58. The molecule has 0 aliphatic heterocycles. The summed E-state index contributed by atoms with van der Waals surface area (Å²) in [5, 5.41) is 8.09. The average Bonchev–Trinajstić information content (AvgIpc) is 3.38. The van der Waals surface area contributed by atoms with Crippen LogP contribution in [0.25, 0.3) is 54.6 Å². The Balaban J connectivity index is 1.16. The first-order valence-corrected chi connectivity index (χ1v) is 20.7. The van der Waals surface area contributed by atoms with Gasteiger partial charge >= 0.3 is 0 Å². The van der Waals surface area contributed by atoms with E-state index in [4.69, 9.17) is 0 Å². The zero-order valence-electron chi connectivity index (χ0n) is 35.9. The fraction of sp³-hybridized carbons (Fsp3) is 0.286. The number of anilines is 3.